The lowest BCUT2D eigenvalue weighted by Crippen LogP contribution is -2.49. The molecule has 0 atom stereocenters. The van der Waals surface area contributed by atoms with Gasteiger partial charge in [-0.2, -0.15) is 5.10 Å². The molecule has 2 aromatic rings. The summed E-state index contributed by atoms with van der Waals surface area (Å²) in [5.74, 6) is 0.478. The molecule has 0 N–H and O–H groups in total. The fourth-order valence-corrected chi connectivity index (χ4v) is 4.91. The lowest BCUT2D eigenvalue weighted by molar-refractivity contribution is -0.385. The van der Waals surface area contributed by atoms with E-state index in [1.54, 1.807) is 6.92 Å². The van der Waals surface area contributed by atoms with Gasteiger partial charge in [0.1, 0.15) is 18.2 Å². The van der Waals surface area contributed by atoms with Crippen LogP contribution in [0.2, 0.25) is 0 Å². The van der Waals surface area contributed by atoms with Gasteiger partial charge in [-0.25, -0.2) is 0 Å². The molecule has 1 amide bonds. The van der Waals surface area contributed by atoms with Crippen LogP contribution in [0.25, 0.3) is 0 Å². The predicted octanol–water partition coefficient (Wildman–Crippen LogP) is 4.24. The van der Waals surface area contributed by atoms with Crippen LogP contribution in [-0.4, -0.2) is 42.8 Å². The Morgan fingerprint density at radius 1 is 1.17 bits per heavy atom. The van der Waals surface area contributed by atoms with Crippen LogP contribution in [0.5, 0.6) is 0 Å². The average molecular weight is 415 g/mol. The topological polar surface area (TPSA) is 107 Å². The zero-order valence-electron chi connectivity index (χ0n) is 17.5. The Hall–Kier alpha value is -2.71. The van der Waals surface area contributed by atoms with Crippen LogP contribution in [0.4, 0.5) is 5.69 Å². The van der Waals surface area contributed by atoms with Gasteiger partial charge in [-0.15, -0.1) is 0 Å². The number of nitrogens with zero attached hydrogens (tertiary/aromatic N) is 5. The van der Waals surface area contributed by atoms with Crippen molar-refractivity contribution in [3.63, 3.8) is 0 Å². The number of rotatable bonds is 6. The van der Waals surface area contributed by atoms with E-state index in [1.165, 1.54) is 29.9 Å². The molecule has 162 valence electrons. The van der Waals surface area contributed by atoms with Gasteiger partial charge in [0.25, 0.3) is 5.91 Å². The standard InChI is InChI=1S/C21H29N5O4/c1-15-19(14-24-13-18(12-22-24)26(28)29)20(23-30-15)21(27)25(16-8-4-2-5-9-16)17-10-6-3-7-11-17/h12-13,16-17H,2-11,14H2,1H3. The van der Waals surface area contributed by atoms with Crippen molar-refractivity contribution in [2.45, 2.75) is 89.8 Å². The molecule has 9 nitrogen and oxygen atoms in total. The maximum Gasteiger partial charge on any atom is 0.307 e. The number of aromatic nitrogens is 3. The second kappa shape index (κ2) is 8.97. The van der Waals surface area contributed by atoms with Crippen molar-refractivity contribution in [2.24, 2.45) is 0 Å². The molecule has 2 aromatic heterocycles. The number of aryl methyl sites for hydroxylation is 1. The molecule has 2 aliphatic rings. The molecule has 2 heterocycles. The average Bonchev–Trinajstić information content (AvgIpc) is 3.37. The third-order valence-corrected chi connectivity index (χ3v) is 6.51. The molecule has 2 aliphatic carbocycles. The first-order valence-corrected chi connectivity index (χ1v) is 11.0. The summed E-state index contributed by atoms with van der Waals surface area (Å²) in [6, 6.07) is 0.509. The number of amides is 1. The van der Waals surface area contributed by atoms with Crippen LogP contribution in [0, 0.1) is 17.0 Å². The van der Waals surface area contributed by atoms with Gasteiger partial charge in [0.05, 0.1) is 11.5 Å². The molecule has 0 unspecified atom stereocenters. The molecule has 30 heavy (non-hydrogen) atoms. The second-order valence-electron chi connectivity index (χ2n) is 8.52. The summed E-state index contributed by atoms with van der Waals surface area (Å²) < 4.78 is 6.85. The minimum atomic E-state index is -0.482. The van der Waals surface area contributed by atoms with Crippen LogP contribution < -0.4 is 0 Å². The fraction of sp³-hybridized carbons (Fsp3) is 0.667. The summed E-state index contributed by atoms with van der Waals surface area (Å²) in [5, 5.41) is 19.1. The zero-order chi connectivity index (χ0) is 21.1. The molecular formula is C21H29N5O4. The zero-order valence-corrected chi connectivity index (χ0v) is 17.5. The highest BCUT2D eigenvalue weighted by molar-refractivity contribution is 5.94. The number of nitro groups is 1. The summed E-state index contributed by atoms with van der Waals surface area (Å²) >= 11 is 0. The van der Waals surface area contributed by atoms with E-state index in [9.17, 15) is 14.9 Å². The number of hydrogen-bond acceptors (Lipinski definition) is 6. The van der Waals surface area contributed by atoms with Crippen LogP contribution in [0.1, 0.15) is 86.0 Å². The van der Waals surface area contributed by atoms with Crippen molar-refractivity contribution >= 4 is 11.6 Å². The van der Waals surface area contributed by atoms with Crippen molar-refractivity contribution in [3.8, 4) is 0 Å². The first-order chi connectivity index (χ1) is 14.5. The second-order valence-corrected chi connectivity index (χ2v) is 8.52. The van der Waals surface area contributed by atoms with Gasteiger partial charge in [0.15, 0.2) is 5.69 Å². The molecule has 0 radical (unpaired) electrons. The Labute approximate surface area is 175 Å². The fourth-order valence-electron chi connectivity index (χ4n) is 4.91. The predicted molar refractivity (Wildman–Crippen MR) is 109 cm³/mol. The minimum absolute atomic E-state index is 0.0673. The largest absolute Gasteiger partial charge is 0.361 e. The lowest BCUT2D eigenvalue weighted by atomic mass is 9.88. The normalized spacial score (nSPS) is 18.4. The molecule has 9 heteroatoms. The van der Waals surface area contributed by atoms with E-state index in [4.69, 9.17) is 4.52 Å². The molecule has 0 aliphatic heterocycles. The minimum Gasteiger partial charge on any atom is -0.361 e. The quantitative estimate of drug-likeness (QED) is 0.516. The molecule has 0 aromatic carbocycles. The molecule has 0 spiro atoms. The van der Waals surface area contributed by atoms with Crippen molar-refractivity contribution in [3.05, 3.63) is 39.5 Å². The Morgan fingerprint density at radius 2 is 1.77 bits per heavy atom. The first-order valence-electron chi connectivity index (χ1n) is 11.0. The van der Waals surface area contributed by atoms with Crippen molar-refractivity contribution in [1.82, 2.24) is 19.8 Å². The van der Waals surface area contributed by atoms with Crippen LogP contribution in [0.3, 0.4) is 0 Å². The summed E-state index contributed by atoms with van der Waals surface area (Å²) in [7, 11) is 0. The summed E-state index contributed by atoms with van der Waals surface area (Å²) in [6.45, 7) is 1.98. The summed E-state index contributed by atoms with van der Waals surface area (Å²) in [6.07, 6.45) is 13.8. The van der Waals surface area contributed by atoms with Gasteiger partial charge in [0, 0.05) is 17.6 Å². The Bertz CT molecular complexity index is 875. The number of hydrogen-bond donors (Lipinski definition) is 0. The van der Waals surface area contributed by atoms with Crippen molar-refractivity contribution in [2.75, 3.05) is 0 Å². The number of carbonyl (C=O) groups is 1. The molecule has 2 fully saturated rings. The van der Waals surface area contributed by atoms with Gasteiger partial charge in [-0.1, -0.05) is 43.7 Å². The highest BCUT2D eigenvalue weighted by Crippen LogP contribution is 2.32. The van der Waals surface area contributed by atoms with Gasteiger partial charge >= 0.3 is 5.69 Å². The SMILES string of the molecule is Cc1onc(C(=O)N(C2CCCCC2)C2CCCCC2)c1Cn1cc([N+](=O)[O-])cn1. The Morgan fingerprint density at radius 3 is 2.30 bits per heavy atom. The molecule has 0 bridgehead atoms. The van der Waals surface area contributed by atoms with E-state index in [1.807, 2.05) is 0 Å². The highest BCUT2D eigenvalue weighted by atomic mass is 16.6. The number of carbonyl (C=O) groups excluding carboxylic acids is 1. The molecule has 4 rings (SSSR count). The van der Waals surface area contributed by atoms with Crippen molar-refractivity contribution < 1.29 is 14.2 Å². The van der Waals surface area contributed by atoms with Crippen LogP contribution in [0.15, 0.2) is 16.9 Å². The molecular weight excluding hydrogens is 386 g/mol. The van der Waals surface area contributed by atoms with E-state index in [-0.39, 0.29) is 30.2 Å². The lowest BCUT2D eigenvalue weighted by Gasteiger charge is -2.41. The van der Waals surface area contributed by atoms with Gasteiger partial charge < -0.3 is 9.42 Å². The Balaban J connectivity index is 1.61. The summed E-state index contributed by atoms with van der Waals surface area (Å²) in [5.41, 5.74) is 0.888. The first kappa shape index (κ1) is 20.6. The van der Waals surface area contributed by atoms with Crippen LogP contribution >= 0.6 is 0 Å². The highest BCUT2D eigenvalue weighted by Gasteiger charge is 2.36. The van der Waals surface area contributed by atoms with Gasteiger partial charge in [-0.3, -0.25) is 19.6 Å². The maximum atomic E-state index is 13.7. The van der Waals surface area contributed by atoms with Crippen molar-refractivity contribution in [1.29, 1.82) is 0 Å². The van der Waals surface area contributed by atoms with Crippen LogP contribution in [-0.2, 0) is 6.54 Å². The molecule has 0 saturated heterocycles. The van der Waals surface area contributed by atoms with E-state index >= 15 is 0 Å². The van der Waals surface area contributed by atoms with E-state index in [2.05, 4.69) is 15.2 Å². The third kappa shape index (κ3) is 4.24. The van der Waals surface area contributed by atoms with Gasteiger partial charge in [-0.05, 0) is 32.6 Å². The Kier molecular flexibility index (Phi) is 6.15. The monoisotopic (exact) mass is 415 g/mol. The maximum absolute atomic E-state index is 13.7. The summed E-state index contributed by atoms with van der Waals surface area (Å²) in [4.78, 5) is 26.3. The van der Waals surface area contributed by atoms with Gasteiger partial charge in [0.2, 0.25) is 0 Å². The third-order valence-electron chi connectivity index (χ3n) is 6.51. The van der Waals surface area contributed by atoms with E-state index in [0.717, 1.165) is 51.4 Å². The smallest absolute Gasteiger partial charge is 0.307 e. The molecule has 2 saturated carbocycles. The van der Waals surface area contributed by atoms with E-state index in [0.29, 0.717) is 17.0 Å². The van der Waals surface area contributed by atoms with E-state index < -0.39 is 4.92 Å².